The Bertz CT molecular complexity index is 701. The molecule has 140 valence electrons. The quantitative estimate of drug-likeness (QED) is 0.695. The Hall–Kier alpha value is -1.40. The first-order valence-electron chi connectivity index (χ1n) is 9.04. The van der Waals surface area contributed by atoms with Crippen LogP contribution in [-0.2, 0) is 26.0 Å². The average Bonchev–Trinajstić information content (AvgIpc) is 2.57. The van der Waals surface area contributed by atoms with Crippen molar-refractivity contribution in [3.63, 3.8) is 0 Å². The van der Waals surface area contributed by atoms with E-state index in [0.717, 1.165) is 11.1 Å². The molecule has 0 aliphatic carbocycles. The molecule has 1 fully saturated rings. The molecule has 1 saturated heterocycles. The lowest BCUT2D eigenvalue weighted by Crippen LogP contribution is -2.52. The highest BCUT2D eigenvalue weighted by atomic mass is 32.2. The van der Waals surface area contributed by atoms with Crippen LogP contribution >= 0.6 is 0 Å². The Balaban J connectivity index is 2.35. The van der Waals surface area contributed by atoms with Crippen molar-refractivity contribution in [1.29, 1.82) is 0 Å². The molecule has 1 aromatic carbocycles. The van der Waals surface area contributed by atoms with Crippen molar-refractivity contribution < 1.29 is 17.9 Å². The summed E-state index contributed by atoms with van der Waals surface area (Å²) >= 11 is 0. The molecule has 1 aromatic rings. The van der Waals surface area contributed by atoms with Crippen LogP contribution in [0.2, 0.25) is 0 Å². The number of carbonyl (C=O) groups is 1. The molecule has 1 aliphatic rings. The van der Waals surface area contributed by atoms with E-state index in [4.69, 9.17) is 4.74 Å². The van der Waals surface area contributed by atoms with E-state index in [1.54, 1.807) is 6.92 Å². The maximum atomic E-state index is 12.8. The van der Waals surface area contributed by atoms with Gasteiger partial charge in [0, 0.05) is 13.1 Å². The van der Waals surface area contributed by atoms with Crippen molar-refractivity contribution in [3.8, 4) is 0 Å². The molecular weight excluding hydrogens is 338 g/mol. The fourth-order valence-corrected chi connectivity index (χ4v) is 5.18. The molecule has 0 radical (unpaired) electrons. The Labute approximate surface area is 151 Å². The van der Waals surface area contributed by atoms with Gasteiger partial charge in [-0.1, -0.05) is 31.2 Å². The third kappa shape index (κ3) is 4.61. The van der Waals surface area contributed by atoms with E-state index in [1.165, 1.54) is 4.31 Å². The molecule has 2 rings (SSSR count). The highest BCUT2D eigenvalue weighted by Gasteiger charge is 2.46. The van der Waals surface area contributed by atoms with E-state index >= 15 is 0 Å². The van der Waals surface area contributed by atoms with E-state index in [1.807, 2.05) is 38.1 Å². The van der Waals surface area contributed by atoms with Gasteiger partial charge in [0.2, 0.25) is 10.0 Å². The Kier molecular flexibility index (Phi) is 6.63. The second kappa shape index (κ2) is 8.32. The van der Waals surface area contributed by atoms with Crippen LogP contribution in [0, 0.1) is 12.3 Å². The van der Waals surface area contributed by atoms with E-state index in [2.05, 4.69) is 0 Å². The van der Waals surface area contributed by atoms with Gasteiger partial charge in [0.1, 0.15) is 0 Å². The molecule has 25 heavy (non-hydrogen) atoms. The fourth-order valence-electron chi connectivity index (χ4n) is 3.55. The largest absolute Gasteiger partial charge is 0.466 e. The van der Waals surface area contributed by atoms with Crippen molar-refractivity contribution in [2.24, 2.45) is 5.41 Å². The van der Waals surface area contributed by atoms with Gasteiger partial charge in [0.05, 0.1) is 17.8 Å². The summed E-state index contributed by atoms with van der Waals surface area (Å²) in [6.07, 6.45) is 2.41. The molecule has 0 aromatic heterocycles. The number of aryl methyl sites for hydroxylation is 1. The molecule has 0 spiro atoms. The van der Waals surface area contributed by atoms with Crippen LogP contribution in [0.25, 0.3) is 0 Å². The molecule has 0 unspecified atom stereocenters. The topological polar surface area (TPSA) is 63.7 Å². The van der Waals surface area contributed by atoms with Gasteiger partial charge in [-0.25, -0.2) is 12.7 Å². The number of ether oxygens (including phenoxy) is 1. The van der Waals surface area contributed by atoms with Crippen LogP contribution < -0.4 is 0 Å². The molecule has 1 aliphatic heterocycles. The summed E-state index contributed by atoms with van der Waals surface area (Å²) in [4.78, 5) is 12.8. The number of esters is 1. The lowest BCUT2D eigenvalue weighted by atomic mass is 9.75. The molecule has 0 saturated carbocycles. The predicted octanol–water partition coefficient (Wildman–Crippen LogP) is 2.92. The number of sulfonamides is 1. The molecule has 0 N–H and O–H groups in total. The lowest BCUT2D eigenvalue weighted by Gasteiger charge is -2.40. The summed E-state index contributed by atoms with van der Waals surface area (Å²) in [6, 6.07) is 7.95. The van der Waals surface area contributed by atoms with Gasteiger partial charge in [-0.2, -0.15) is 0 Å². The number of rotatable bonds is 7. The van der Waals surface area contributed by atoms with Crippen LogP contribution in [-0.4, -0.2) is 44.1 Å². The molecule has 1 atom stereocenters. The summed E-state index contributed by atoms with van der Waals surface area (Å²) in [5, 5.41) is 0. The van der Waals surface area contributed by atoms with Gasteiger partial charge >= 0.3 is 5.97 Å². The van der Waals surface area contributed by atoms with E-state index in [9.17, 15) is 13.2 Å². The molecule has 1 heterocycles. The zero-order valence-electron chi connectivity index (χ0n) is 15.5. The van der Waals surface area contributed by atoms with E-state index in [-0.39, 0.29) is 18.3 Å². The second-order valence-corrected chi connectivity index (χ2v) is 8.95. The van der Waals surface area contributed by atoms with E-state index < -0.39 is 15.4 Å². The minimum Gasteiger partial charge on any atom is -0.466 e. The standard InChI is InChI=1S/C19H29NO4S/c1-4-13-25(22,23)20-12-8-11-19(15-20,18(21)24-5-2)14-17-10-7-6-9-16(17)3/h6-7,9-10H,4-5,8,11-15H2,1-3H3/t19-/m1/s1. The summed E-state index contributed by atoms with van der Waals surface area (Å²) in [5.74, 6) is -0.161. The number of nitrogens with zero attached hydrogens (tertiary/aromatic N) is 1. The Morgan fingerprint density at radius 1 is 1.28 bits per heavy atom. The summed E-state index contributed by atoms with van der Waals surface area (Å²) < 4.78 is 31.9. The maximum absolute atomic E-state index is 12.8. The predicted molar refractivity (Wildman–Crippen MR) is 98.8 cm³/mol. The molecule has 0 amide bonds. The fraction of sp³-hybridized carbons (Fsp3) is 0.632. The highest BCUT2D eigenvalue weighted by molar-refractivity contribution is 7.89. The Morgan fingerprint density at radius 3 is 2.64 bits per heavy atom. The molecule has 0 bridgehead atoms. The first-order valence-corrected chi connectivity index (χ1v) is 10.6. The number of hydrogen-bond donors (Lipinski definition) is 0. The Morgan fingerprint density at radius 2 is 2.00 bits per heavy atom. The normalized spacial score (nSPS) is 21.9. The van der Waals surface area contributed by atoms with Gasteiger partial charge in [0.15, 0.2) is 0 Å². The van der Waals surface area contributed by atoms with Gasteiger partial charge < -0.3 is 4.74 Å². The first kappa shape index (κ1) is 19.9. The zero-order chi connectivity index (χ0) is 18.5. The van der Waals surface area contributed by atoms with Gasteiger partial charge in [0.25, 0.3) is 0 Å². The van der Waals surface area contributed by atoms with E-state index in [0.29, 0.717) is 38.8 Å². The summed E-state index contributed by atoms with van der Waals surface area (Å²) in [6.45, 7) is 6.65. The van der Waals surface area contributed by atoms with Crippen LogP contribution in [0.15, 0.2) is 24.3 Å². The van der Waals surface area contributed by atoms with Crippen molar-refractivity contribution in [2.45, 2.75) is 46.5 Å². The van der Waals surface area contributed by atoms with Crippen molar-refractivity contribution in [3.05, 3.63) is 35.4 Å². The van der Waals surface area contributed by atoms with Crippen LogP contribution in [0.4, 0.5) is 0 Å². The number of carbonyl (C=O) groups excluding carboxylic acids is 1. The van der Waals surface area contributed by atoms with Crippen LogP contribution in [0.5, 0.6) is 0 Å². The van der Waals surface area contributed by atoms with Gasteiger partial charge in [-0.3, -0.25) is 4.79 Å². The zero-order valence-corrected chi connectivity index (χ0v) is 16.3. The summed E-state index contributed by atoms with van der Waals surface area (Å²) in [5.41, 5.74) is 1.38. The minimum atomic E-state index is -3.33. The minimum absolute atomic E-state index is 0.121. The number of hydrogen-bond acceptors (Lipinski definition) is 4. The van der Waals surface area contributed by atoms with Crippen molar-refractivity contribution in [1.82, 2.24) is 4.31 Å². The van der Waals surface area contributed by atoms with Crippen LogP contribution in [0.1, 0.15) is 44.2 Å². The SMILES string of the molecule is CCCS(=O)(=O)N1CCC[C@](Cc2ccccc2C)(C(=O)OCC)C1. The van der Waals surface area contributed by atoms with Crippen molar-refractivity contribution in [2.75, 3.05) is 25.4 Å². The smallest absolute Gasteiger partial charge is 0.313 e. The third-order valence-corrected chi connectivity index (χ3v) is 6.92. The summed E-state index contributed by atoms with van der Waals surface area (Å²) in [7, 11) is -3.33. The first-order chi connectivity index (χ1) is 11.8. The maximum Gasteiger partial charge on any atom is 0.313 e. The lowest BCUT2D eigenvalue weighted by molar-refractivity contribution is -0.157. The number of piperidine rings is 1. The van der Waals surface area contributed by atoms with Crippen molar-refractivity contribution >= 4 is 16.0 Å². The molecular formula is C19H29NO4S. The van der Waals surface area contributed by atoms with Gasteiger partial charge in [-0.15, -0.1) is 0 Å². The number of benzene rings is 1. The van der Waals surface area contributed by atoms with Crippen LogP contribution in [0.3, 0.4) is 0 Å². The molecule has 5 nitrogen and oxygen atoms in total. The second-order valence-electron chi connectivity index (χ2n) is 6.86. The average molecular weight is 368 g/mol. The third-order valence-electron chi connectivity index (χ3n) is 4.90. The highest BCUT2D eigenvalue weighted by Crippen LogP contribution is 2.37. The monoisotopic (exact) mass is 367 g/mol. The molecule has 6 heteroatoms. The van der Waals surface area contributed by atoms with Gasteiger partial charge in [-0.05, 0) is 50.7 Å².